The molecule has 0 aliphatic carbocycles. The topological polar surface area (TPSA) is 73.9 Å². The minimum absolute atomic E-state index is 0.00701. The number of nitrogens with one attached hydrogen (secondary N) is 2. The van der Waals surface area contributed by atoms with Crippen LogP contribution in [0.4, 0.5) is 26.3 Å². The Morgan fingerprint density at radius 1 is 1.06 bits per heavy atom. The van der Waals surface area contributed by atoms with Gasteiger partial charge in [0.15, 0.2) is 5.79 Å². The highest BCUT2D eigenvalue weighted by atomic mass is 32.2. The van der Waals surface area contributed by atoms with Gasteiger partial charge in [-0.3, -0.25) is 10.2 Å². The van der Waals surface area contributed by atoms with E-state index in [0.717, 1.165) is 0 Å². The lowest BCUT2D eigenvalue weighted by Crippen LogP contribution is -2.83. The van der Waals surface area contributed by atoms with Gasteiger partial charge in [0.05, 0.1) is 25.8 Å². The number of benzene rings is 1. The van der Waals surface area contributed by atoms with Crippen LogP contribution < -0.4 is 10.6 Å². The quantitative estimate of drug-likeness (QED) is 0.589. The van der Waals surface area contributed by atoms with E-state index in [1.165, 1.54) is 4.90 Å². The van der Waals surface area contributed by atoms with Crippen molar-refractivity contribution in [1.29, 1.82) is 0 Å². The van der Waals surface area contributed by atoms with Crippen molar-refractivity contribution in [2.45, 2.75) is 29.9 Å². The molecule has 0 aromatic heterocycles. The summed E-state index contributed by atoms with van der Waals surface area (Å²) in [4.78, 5) is 1.30. The van der Waals surface area contributed by atoms with Crippen LogP contribution in [0.15, 0.2) is 30.3 Å². The summed E-state index contributed by atoms with van der Waals surface area (Å²) < 4.78 is 111. The van der Waals surface area contributed by atoms with E-state index < -0.39 is 46.6 Å². The Bertz CT molecular complexity index is 862. The number of piperazine rings is 1. The fraction of sp³-hybridized carbons (Fsp3) is 0.667. The van der Waals surface area contributed by atoms with Crippen molar-refractivity contribution in [1.82, 2.24) is 19.8 Å². The van der Waals surface area contributed by atoms with Crippen LogP contribution in [0.5, 0.6) is 0 Å². The van der Waals surface area contributed by atoms with Crippen LogP contribution in [0.25, 0.3) is 0 Å². The lowest BCUT2D eigenvalue weighted by atomic mass is 9.95. The van der Waals surface area contributed by atoms with Crippen molar-refractivity contribution < 1.29 is 39.5 Å². The maximum atomic E-state index is 13.6. The van der Waals surface area contributed by atoms with Crippen molar-refractivity contribution in [3.63, 3.8) is 0 Å². The molecule has 3 rings (SSSR count). The highest BCUT2D eigenvalue weighted by molar-refractivity contribution is 7.90. The van der Waals surface area contributed by atoms with Gasteiger partial charge in [0.1, 0.15) is 0 Å². The number of sulfonamides is 1. The van der Waals surface area contributed by atoms with Crippen molar-refractivity contribution in [2.24, 2.45) is 0 Å². The molecule has 2 aliphatic heterocycles. The molecule has 0 saturated carbocycles. The smallest absolute Gasteiger partial charge is 0.379 e. The first-order valence-corrected chi connectivity index (χ1v) is 11.3. The van der Waals surface area contributed by atoms with E-state index in [0.29, 0.717) is 5.56 Å². The van der Waals surface area contributed by atoms with E-state index in [-0.39, 0.29) is 43.6 Å². The normalized spacial score (nSPS) is 26.9. The molecule has 0 bridgehead atoms. The molecular weight excluding hydrogens is 466 g/mol. The Labute approximate surface area is 181 Å². The minimum Gasteiger partial charge on any atom is -0.379 e. The highest BCUT2D eigenvalue weighted by Gasteiger charge is 2.62. The second kappa shape index (κ2) is 9.43. The molecule has 2 unspecified atom stereocenters. The summed E-state index contributed by atoms with van der Waals surface area (Å²) in [6.45, 7) is -2.53. The van der Waals surface area contributed by atoms with Gasteiger partial charge in [-0.25, -0.2) is 8.42 Å². The average molecular weight is 490 g/mol. The van der Waals surface area contributed by atoms with Gasteiger partial charge < -0.3 is 10.1 Å². The number of nitrogens with zero attached hydrogens (tertiary/aromatic N) is 2. The molecule has 32 heavy (non-hydrogen) atoms. The predicted molar refractivity (Wildman–Crippen MR) is 103 cm³/mol. The third-order valence-electron chi connectivity index (χ3n) is 5.48. The molecule has 2 atom stereocenters. The predicted octanol–water partition coefficient (Wildman–Crippen LogP) is 1.49. The molecular formula is C18H24F6N4O3S. The van der Waals surface area contributed by atoms with Gasteiger partial charge in [-0.1, -0.05) is 30.3 Å². The van der Waals surface area contributed by atoms with Crippen LogP contribution >= 0.6 is 0 Å². The van der Waals surface area contributed by atoms with Gasteiger partial charge in [-0.2, -0.15) is 30.6 Å². The molecule has 2 fully saturated rings. The third kappa shape index (κ3) is 5.20. The van der Waals surface area contributed by atoms with Crippen LogP contribution in [-0.2, 0) is 21.2 Å². The maximum absolute atomic E-state index is 13.6. The van der Waals surface area contributed by atoms with E-state index in [4.69, 9.17) is 4.74 Å². The number of rotatable bonds is 6. The fourth-order valence-electron chi connectivity index (χ4n) is 4.16. The van der Waals surface area contributed by atoms with E-state index in [9.17, 15) is 34.8 Å². The molecule has 0 spiro atoms. The molecule has 1 aromatic carbocycles. The summed E-state index contributed by atoms with van der Waals surface area (Å²) in [6.07, 6.45) is -4.80. The molecule has 2 N–H and O–H groups in total. The average Bonchev–Trinajstić information content (AvgIpc) is 2.72. The lowest BCUT2D eigenvalue weighted by Gasteiger charge is -2.57. The van der Waals surface area contributed by atoms with E-state index in [1.807, 2.05) is 0 Å². The SMILES string of the molecule is O=S(=O)(N1CCNC(Cc2ccccc2)C1(NCC(F)(F)F)N1CCOCC1)C(F)(F)F. The van der Waals surface area contributed by atoms with Crippen molar-refractivity contribution in [2.75, 3.05) is 45.9 Å². The van der Waals surface area contributed by atoms with Gasteiger partial charge >= 0.3 is 21.7 Å². The fourth-order valence-corrected chi connectivity index (χ4v) is 5.41. The number of morpholine rings is 1. The Balaban J connectivity index is 2.14. The zero-order valence-corrected chi connectivity index (χ0v) is 17.7. The number of halogens is 6. The Morgan fingerprint density at radius 3 is 2.25 bits per heavy atom. The Kier molecular flexibility index (Phi) is 7.42. The summed E-state index contributed by atoms with van der Waals surface area (Å²) in [5.41, 5.74) is -5.05. The molecule has 7 nitrogen and oxygen atoms in total. The molecule has 2 saturated heterocycles. The first-order chi connectivity index (χ1) is 14.9. The number of hydrogen-bond donors (Lipinski definition) is 2. The van der Waals surface area contributed by atoms with Gasteiger partial charge in [0, 0.05) is 26.2 Å². The summed E-state index contributed by atoms with van der Waals surface area (Å²) in [5.74, 6) is -2.32. The first-order valence-electron chi connectivity index (χ1n) is 9.89. The van der Waals surface area contributed by atoms with Gasteiger partial charge in [-0.05, 0) is 12.0 Å². The van der Waals surface area contributed by atoms with E-state index >= 15 is 0 Å². The molecule has 14 heteroatoms. The number of alkyl halides is 6. The van der Waals surface area contributed by atoms with E-state index in [1.54, 1.807) is 30.3 Å². The standard InChI is InChI=1S/C18H24F6N4O3S/c19-16(20,21)13-26-17(27-8-10-31-11-9-27)15(12-14-4-2-1-3-5-14)25-6-7-28(17)32(29,30)18(22,23)24/h1-5,15,25-26H,6-13H2. The second-order valence-electron chi connectivity index (χ2n) is 7.51. The largest absolute Gasteiger partial charge is 0.511 e. The molecule has 1 aromatic rings. The van der Waals surface area contributed by atoms with Gasteiger partial charge in [0.2, 0.25) is 0 Å². The van der Waals surface area contributed by atoms with Crippen LogP contribution in [0, 0.1) is 0 Å². The Morgan fingerprint density at radius 2 is 1.69 bits per heavy atom. The lowest BCUT2D eigenvalue weighted by molar-refractivity contribution is -0.167. The zero-order chi connectivity index (χ0) is 23.6. The monoisotopic (exact) mass is 490 g/mol. The van der Waals surface area contributed by atoms with Crippen LogP contribution in [0.3, 0.4) is 0 Å². The number of ether oxygens (including phenoxy) is 1. The summed E-state index contributed by atoms with van der Waals surface area (Å²) in [5, 5.41) is 5.13. The zero-order valence-electron chi connectivity index (χ0n) is 16.9. The van der Waals surface area contributed by atoms with E-state index in [2.05, 4.69) is 10.6 Å². The maximum Gasteiger partial charge on any atom is 0.511 e. The third-order valence-corrected chi connectivity index (χ3v) is 7.11. The molecule has 0 amide bonds. The first kappa shape index (κ1) is 25.2. The molecule has 182 valence electrons. The summed E-state index contributed by atoms with van der Waals surface area (Å²) >= 11 is 0. The second-order valence-corrected chi connectivity index (χ2v) is 9.37. The van der Waals surface area contributed by atoms with Crippen molar-refractivity contribution in [3.8, 4) is 0 Å². The summed E-state index contributed by atoms with van der Waals surface area (Å²) in [7, 11) is -5.97. The van der Waals surface area contributed by atoms with Gasteiger partial charge in [-0.15, -0.1) is 0 Å². The van der Waals surface area contributed by atoms with Gasteiger partial charge in [0.25, 0.3) is 0 Å². The van der Waals surface area contributed by atoms with Crippen molar-refractivity contribution in [3.05, 3.63) is 35.9 Å². The molecule has 2 heterocycles. The highest BCUT2D eigenvalue weighted by Crippen LogP contribution is 2.37. The minimum atomic E-state index is -5.97. The van der Waals surface area contributed by atoms with Crippen LogP contribution in [0.2, 0.25) is 0 Å². The molecule has 0 radical (unpaired) electrons. The summed E-state index contributed by atoms with van der Waals surface area (Å²) in [6, 6.07) is 7.31. The molecule has 2 aliphatic rings. The van der Waals surface area contributed by atoms with Crippen LogP contribution in [-0.4, -0.2) is 87.1 Å². The van der Waals surface area contributed by atoms with Crippen LogP contribution in [0.1, 0.15) is 5.56 Å². The Hall–Kier alpha value is -1.45. The number of hydrogen-bond acceptors (Lipinski definition) is 6. The van der Waals surface area contributed by atoms with Crippen molar-refractivity contribution >= 4 is 10.0 Å².